The van der Waals surface area contributed by atoms with Gasteiger partial charge in [0.25, 0.3) is 0 Å². The Morgan fingerprint density at radius 1 is 1.24 bits per heavy atom. The van der Waals surface area contributed by atoms with Gasteiger partial charge in [0.1, 0.15) is 0 Å². The first-order chi connectivity index (χ1) is 9.96. The van der Waals surface area contributed by atoms with Crippen molar-refractivity contribution < 1.29 is 9.47 Å². The van der Waals surface area contributed by atoms with Gasteiger partial charge < -0.3 is 15.2 Å². The molecule has 0 aliphatic heterocycles. The van der Waals surface area contributed by atoms with Crippen molar-refractivity contribution >= 4 is 17.2 Å². The molecule has 0 unspecified atom stereocenters. The molecule has 0 aromatic heterocycles. The van der Waals surface area contributed by atoms with Crippen molar-refractivity contribution in [2.24, 2.45) is 11.7 Å². The highest BCUT2D eigenvalue weighted by Gasteiger charge is 2.11. The third-order valence-electron chi connectivity index (χ3n) is 3.15. The topological polar surface area (TPSA) is 47.7 Å². The molecule has 4 nitrogen and oxygen atoms in total. The molecule has 0 atom stereocenters. The first kappa shape index (κ1) is 17.7. The van der Waals surface area contributed by atoms with Crippen molar-refractivity contribution in [2.45, 2.75) is 26.8 Å². The molecule has 118 valence electrons. The van der Waals surface area contributed by atoms with E-state index >= 15 is 0 Å². The molecule has 0 radical (unpaired) electrons. The lowest BCUT2D eigenvalue weighted by atomic mass is 10.1. The molecular formula is C16H26N2O2S. The van der Waals surface area contributed by atoms with Crippen LogP contribution in [-0.2, 0) is 6.54 Å². The third kappa shape index (κ3) is 6.31. The fourth-order valence-electron chi connectivity index (χ4n) is 2.26. The van der Waals surface area contributed by atoms with Gasteiger partial charge in [-0.3, -0.25) is 4.90 Å². The number of hydrogen-bond acceptors (Lipinski definition) is 4. The Hall–Kier alpha value is -1.33. The zero-order chi connectivity index (χ0) is 15.8. The van der Waals surface area contributed by atoms with Crippen molar-refractivity contribution in [3.63, 3.8) is 0 Å². The first-order valence-electron chi connectivity index (χ1n) is 7.17. The van der Waals surface area contributed by atoms with Crippen LogP contribution in [-0.4, -0.2) is 37.2 Å². The highest BCUT2D eigenvalue weighted by Crippen LogP contribution is 2.28. The van der Waals surface area contributed by atoms with Crippen molar-refractivity contribution in [3.8, 4) is 11.5 Å². The molecular weight excluding hydrogens is 284 g/mol. The van der Waals surface area contributed by atoms with Gasteiger partial charge in [-0.2, -0.15) is 0 Å². The summed E-state index contributed by atoms with van der Waals surface area (Å²) in [4.78, 5) is 2.93. The van der Waals surface area contributed by atoms with Crippen molar-refractivity contribution in [1.29, 1.82) is 0 Å². The van der Waals surface area contributed by atoms with Crippen molar-refractivity contribution in [1.82, 2.24) is 4.90 Å². The molecule has 0 spiro atoms. The summed E-state index contributed by atoms with van der Waals surface area (Å²) in [5.41, 5.74) is 6.81. The van der Waals surface area contributed by atoms with Gasteiger partial charge in [-0.15, -0.1) is 0 Å². The van der Waals surface area contributed by atoms with E-state index in [4.69, 9.17) is 27.4 Å². The molecule has 1 aromatic carbocycles. The Bertz CT molecular complexity index is 464. The monoisotopic (exact) mass is 310 g/mol. The van der Waals surface area contributed by atoms with Gasteiger partial charge in [0.2, 0.25) is 0 Å². The number of hydrogen-bond donors (Lipinski definition) is 1. The summed E-state index contributed by atoms with van der Waals surface area (Å²) in [6.07, 6.45) is 0.745. The van der Waals surface area contributed by atoms with Crippen LogP contribution >= 0.6 is 12.2 Å². The smallest absolute Gasteiger partial charge is 0.161 e. The number of methoxy groups -OCH3 is 2. The second-order valence-electron chi connectivity index (χ2n) is 5.53. The minimum Gasteiger partial charge on any atom is -0.493 e. The number of rotatable bonds is 9. The van der Waals surface area contributed by atoms with Gasteiger partial charge in [0.15, 0.2) is 11.5 Å². The van der Waals surface area contributed by atoms with E-state index in [-0.39, 0.29) is 0 Å². The molecule has 0 amide bonds. The molecule has 0 heterocycles. The van der Waals surface area contributed by atoms with Crippen LogP contribution in [0.3, 0.4) is 0 Å². The minimum absolute atomic E-state index is 0.566. The number of nitrogens with zero attached hydrogens (tertiary/aromatic N) is 1. The lowest BCUT2D eigenvalue weighted by Gasteiger charge is -2.24. The van der Waals surface area contributed by atoms with Crippen LogP contribution in [0, 0.1) is 5.92 Å². The molecule has 0 aliphatic carbocycles. The van der Waals surface area contributed by atoms with Crippen molar-refractivity contribution in [2.75, 3.05) is 27.3 Å². The summed E-state index contributed by atoms with van der Waals surface area (Å²) in [7, 11) is 3.30. The van der Waals surface area contributed by atoms with Gasteiger partial charge in [-0.25, -0.2) is 0 Å². The van der Waals surface area contributed by atoms with E-state index in [9.17, 15) is 0 Å². The van der Waals surface area contributed by atoms with E-state index in [1.165, 1.54) is 5.56 Å². The normalized spacial score (nSPS) is 11.0. The average molecular weight is 310 g/mol. The second kappa shape index (κ2) is 8.85. The maximum absolute atomic E-state index is 5.62. The summed E-state index contributed by atoms with van der Waals surface area (Å²) >= 11 is 4.98. The summed E-state index contributed by atoms with van der Waals surface area (Å²) in [5, 5.41) is 0. The van der Waals surface area contributed by atoms with Gasteiger partial charge in [0, 0.05) is 26.1 Å². The molecule has 0 fully saturated rings. The number of benzene rings is 1. The maximum atomic E-state index is 5.62. The van der Waals surface area contributed by atoms with Gasteiger partial charge in [0.05, 0.1) is 19.2 Å². The predicted octanol–water partition coefficient (Wildman–Crippen LogP) is 2.84. The van der Waals surface area contributed by atoms with Crippen LogP contribution in [0.5, 0.6) is 11.5 Å². The van der Waals surface area contributed by atoms with Crippen LogP contribution in [0.1, 0.15) is 25.8 Å². The van der Waals surface area contributed by atoms with Gasteiger partial charge in [-0.05, 0) is 23.6 Å². The van der Waals surface area contributed by atoms with Crippen LogP contribution < -0.4 is 15.2 Å². The Labute approximate surface area is 133 Å². The van der Waals surface area contributed by atoms with E-state index in [1.807, 2.05) is 12.1 Å². The minimum atomic E-state index is 0.566. The lowest BCUT2D eigenvalue weighted by molar-refractivity contribution is 0.242. The summed E-state index contributed by atoms with van der Waals surface area (Å²) < 4.78 is 10.6. The molecule has 5 heteroatoms. The fraction of sp³-hybridized carbons (Fsp3) is 0.562. The van der Waals surface area contributed by atoms with E-state index < -0.39 is 0 Å². The molecule has 0 saturated carbocycles. The Morgan fingerprint density at radius 3 is 2.43 bits per heavy atom. The summed E-state index contributed by atoms with van der Waals surface area (Å²) in [5.74, 6) is 2.10. The molecule has 0 saturated heterocycles. The predicted molar refractivity (Wildman–Crippen MR) is 91.1 cm³/mol. The molecule has 1 aromatic rings. The Kier molecular flexibility index (Phi) is 7.47. The Balaban J connectivity index is 2.79. The Morgan fingerprint density at radius 2 is 1.90 bits per heavy atom. The standard InChI is InChI=1S/C16H26N2O2S/c1-12(2)10-18(8-7-16(17)21)11-13-5-6-14(19-3)15(9-13)20-4/h5-6,9,12H,7-8,10-11H2,1-4H3,(H2,17,21). The number of ether oxygens (including phenoxy) is 2. The fourth-order valence-corrected chi connectivity index (χ4v) is 2.35. The van der Waals surface area contributed by atoms with Crippen LogP contribution in [0.25, 0.3) is 0 Å². The maximum Gasteiger partial charge on any atom is 0.161 e. The van der Waals surface area contributed by atoms with Crippen LogP contribution in [0.15, 0.2) is 18.2 Å². The van der Waals surface area contributed by atoms with Crippen LogP contribution in [0.4, 0.5) is 0 Å². The van der Waals surface area contributed by atoms with Gasteiger partial charge >= 0.3 is 0 Å². The van der Waals surface area contributed by atoms with Crippen LogP contribution in [0.2, 0.25) is 0 Å². The van der Waals surface area contributed by atoms with E-state index in [0.29, 0.717) is 10.9 Å². The first-order valence-corrected chi connectivity index (χ1v) is 7.58. The molecule has 0 bridgehead atoms. The number of thiocarbonyl (C=S) groups is 1. The molecule has 2 N–H and O–H groups in total. The second-order valence-corrected chi connectivity index (χ2v) is 6.06. The van der Waals surface area contributed by atoms with E-state index in [1.54, 1.807) is 14.2 Å². The SMILES string of the molecule is COc1ccc(CN(CCC(N)=S)CC(C)C)cc1OC. The highest BCUT2D eigenvalue weighted by atomic mass is 32.1. The zero-order valence-corrected chi connectivity index (χ0v) is 14.2. The molecule has 0 aliphatic rings. The zero-order valence-electron chi connectivity index (χ0n) is 13.4. The number of nitrogens with two attached hydrogens (primary N) is 1. The van der Waals surface area contributed by atoms with Gasteiger partial charge in [-0.1, -0.05) is 32.1 Å². The highest BCUT2D eigenvalue weighted by molar-refractivity contribution is 7.80. The molecule has 21 heavy (non-hydrogen) atoms. The average Bonchev–Trinajstić information content (AvgIpc) is 2.44. The summed E-state index contributed by atoms with van der Waals surface area (Å²) in [6.45, 7) is 7.16. The van der Waals surface area contributed by atoms with E-state index in [0.717, 1.165) is 37.6 Å². The third-order valence-corrected chi connectivity index (χ3v) is 3.36. The summed E-state index contributed by atoms with van der Waals surface area (Å²) in [6, 6.07) is 6.03. The van der Waals surface area contributed by atoms with Crippen molar-refractivity contribution in [3.05, 3.63) is 23.8 Å². The quantitative estimate of drug-likeness (QED) is 0.711. The van der Waals surface area contributed by atoms with E-state index in [2.05, 4.69) is 24.8 Å². The lowest BCUT2D eigenvalue weighted by Crippen LogP contribution is -2.30. The molecule has 1 rings (SSSR count). The largest absolute Gasteiger partial charge is 0.493 e.